The number of aromatic nitrogens is 3. The first-order valence-corrected chi connectivity index (χ1v) is 8.36. The van der Waals surface area contributed by atoms with Crippen LogP contribution in [0.15, 0.2) is 55.1 Å². The molecule has 1 aromatic heterocycles. The number of ether oxygens (including phenoxy) is 2. The molecule has 2 aromatic carbocycles. The van der Waals surface area contributed by atoms with Crippen molar-refractivity contribution in [1.82, 2.24) is 25.4 Å². The Bertz CT molecular complexity index is 896. The quantitative estimate of drug-likeness (QED) is 0.669. The van der Waals surface area contributed by atoms with Crippen LogP contribution in [0, 0.1) is 0 Å². The average molecular weight is 367 g/mol. The first-order chi connectivity index (χ1) is 13.2. The topological polar surface area (TPSA) is 90.3 Å². The minimum Gasteiger partial charge on any atom is -0.493 e. The zero-order chi connectivity index (χ0) is 19.1. The summed E-state index contributed by atoms with van der Waals surface area (Å²) in [6.45, 7) is 0.741. The van der Waals surface area contributed by atoms with E-state index >= 15 is 0 Å². The maximum atomic E-state index is 12.2. The SMILES string of the molecule is COc1ccc(CNC(=O)NCc2ccccc2-n2cncn2)cc1OC. The van der Waals surface area contributed by atoms with Gasteiger partial charge in [0.05, 0.1) is 19.9 Å². The van der Waals surface area contributed by atoms with Gasteiger partial charge >= 0.3 is 6.03 Å². The third-order valence-electron chi connectivity index (χ3n) is 4.00. The molecule has 2 N–H and O–H groups in total. The number of carbonyl (C=O) groups is 1. The molecule has 0 atom stereocenters. The number of nitrogens with zero attached hydrogens (tertiary/aromatic N) is 3. The first kappa shape index (κ1) is 18.2. The second-order valence-corrected chi connectivity index (χ2v) is 5.69. The second-order valence-electron chi connectivity index (χ2n) is 5.69. The van der Waals surface area contributed by atoms with Crippen LogP contribution in [-0.4, -0.2) is 35.0 Å². The van der Waals surface area contributed by atoms with E-state index < -0.39 is 0 Å². The van der Waals surface area contributed by atoms with E-state index in [4.69, 9.17) is 9.47 Å². The van der Waals surface area contributed by atoms with Crippen LogP contribution in [-0.2, 0) is 13.1 Å². The number of carbonyl (C=O) groups excluding carboxylic acids is 1. The van der Waals surface area contributed by atoms with Gasteiger partial charge in [-0.15, -0.1) is 0 Å². The summed E-state index contributed by atoms with van der Waals surface area (Å²) in [5, 5.41) is 9.82. The van der Waals surface area contributed by atoms with Crippen LogP contribution in [0.1, 0.15) is 11.1 Å². The number of hydrogen-bond acceptors (Lipinski definition) is 5. The third kappa shape index (κ3) is 4.55. The summed E-state index contributed by atoms with van der Waals surface area (Å²) in [5.74, 6) is 1.27. The van der Waals surface area contributed by atoms with E-state index in [9.17, 15) is 4.79 Å². The monoisotopic (exact) mass is 367 g/mol. The van der Waals surface area contributed by atoms with Gasteiger partial charge in [-0.05, 0) is 29.3 Å². The summed E-state index contributed by atoms with van der Waals surface area (Å²) in [5.41, 5.74) is 2.71. The average Bonchev–Trinajstić information content (AvgIpc) is 3.25. The number of hydrogen-bond donors (Lipinski definition) is 2. The summed E-state index contributed by atoms with van der Waals surface area (Å²) in [6, 6.07) is 12.9. The molecule has 0 saturated carbocycles. The molecule has 3 rings (SSSR count). The molecule has 8 heteroatoms. The van der Waals surface area contributed by atoms with E-state index in [2.05, 4.69) is 20.7 Å². The molecular formula is C19H21N5O3. The highest BCUT2D eigenvalue weighted by Crippen LogP contribution is 2.27. The lowest BCUT2D eigenvalue weighted by atomic mass is 10.2. The fourth-order valence-corrected chi connectivity index (χ4v) is 2.63. The van der Waals surface area contributed by atoms with Gasteiger partial charge in [-0.25, -0.2) is 14.5 Å². The zero-order valence-electron chi connectivity index (χ0n) is 15.2. The molecule has 0 spiro atoms. The number of amides is 2. The lowest BCUT2D eigenvalue weighted by Crippen LogP contribution is -2.34. The van der Waals surface area contributed by atoms with Crippen LogP contribution in [0.4, 0.5) is 4.79 Å². The van der Waals surface area contributed by atoms with Crippen molar-refractivity contribution in [2.24, 2.45) is 0 Å². The Morgan fingerprint density at radius 2 is 1.81 bits per heavy atom. The van der Waals surface area contributed by atoms with Gasteiger partial charge in [0.1, 0.15) is 12.7 Å². The van der Waals surface area contributed by atoms with E-state index in [0.29, 0.717) is 24.6 Å². The molecule has 0 fully saturated rings. The molecular weight excluding hydrogens is 346 g/mol. The molecule has 8 nitrogen and oxygen atoms in total. The predicted octanol–water partition coefficient (Wildman–Crippen LogP) is 2.28. The molecule has 1 heterocycles. The Balaban J connectivity index is 1.57. The number of nitrogens with one attached hydrogen (secondary N) is 2. The van der Waals surface area contributed by atoms with E-state index in [1.165, 1.54) is 6.33 Å². The van der Waals surface area contributed by atoms with E-state index in [0.717, 1.165) is 16.8 Å². The molecule has 3 aromatic rings. The molecule has 0 radical (unpaired) electrons. The Kier molecular flexibility index (Phi) is 5.88. The van der Waals surface area contributed by atoms with Crippen molar-refractivity contribution in [1.29, 1.82) is 0 Å². The van der Waals surface area contributed by atoms with Gasteiger partial charge in [0, 0.05) is 13.1 Å². The summed E-state index contributed by atoms with van der Waals surface area (Å²) >= 11 is 0. The van der Waals surface area contributed by atoms with E-state index in [1.807, 2.05) is 42.5 Å². The molecule has 0 unspecified atom stereocenters. The van der Waals surface area contributed by atoms with Crippen molar-refractivity contribution in [2.45, 2.75) is 13.1 Å². The lowest BCUT2D eigenvalue weighted by molar-refractivity contribution is 0.240. The Morgan fingerprint density at radius 1 is 1.04 bits per heavy atom. The molecule has 140 valence electrons. The third-order valence-corrected chi connectivity index (χ3v) is 4.00. The van der Waals surface area contributed by atoms with Crippen LogP contribution in [0.25, 0.3) is 5.69 Å². The van der Waals surface area contributed by atoms with Gasteiger partial charge in [0.25, 0.3) is 0 Å². The number of rotatable bonds is 7. The van der Waals surface area contributed by atoms with Crippen LogP contribution in [0.5, 0.6) is 11.5 Å². The molecule has 0 saturated heterocycles. The van der Waals surface area contributed by atoms with Crippen LogP contribution in [0.3, 0.4) is 0 Å². The summed E-state index contributed by atoms with van der Waals surface area (Å²) < 4.78 is 12.1. The smallest absolute Gasteiger partial charge is 0.315 e. The zero-order valence-corrected chi connectivity index (χ0v) is 15.2. The van der Waals surface area contributed by atoms with Crippen molar-refractivity contribution < 1.29 is 14.3 Å². The first-order valence-electron chi connectivity index (χ1n) is 8.36. The lowest BCUT2D eigenvalue weighted by Gasteiger charge is -2.12. The second kappa shape index (κ2) is 8.70. The van der Waals surface area contributed by atoms with Crippen molar-refractivity contribution in [3.8, 4) is 17.2 Å². The summed E-state index contributed by atoms with van der Waals surface area (Å²) in [4.78, 5) is 16.1. The van der Waals surface area contributed by atoms with E-state index in [-0.39, 0.29) is 6.03 Å². The fraction of sp³-hybridized carbons (Fsp3) is 0.211. The van der Waals surface area contributed by atoms with Gasteiger partial charge < -0.3 is 20.1 Å². The van der Waals surface area contributed by atoms with Crippen molar-refractivity contribution in [2.75, 3.05) is 14.2 Å². The molecule has 0 aliphatic heterocycles. The van der Waals surface area contributed by atoms with Gasteiger partial charge in [-0.1, -0.05) is 24.3 Å². The Labute approximate surface area is 157 Å². The molecule has 2 amide bonds. The van der Waals surface area contributed by atoms with Crippen molar-refractivity contribution >= 4 is 6.03 Å². The minimum absolute atomic E-state index is 0.266. The Hall–Kier alpha value is -3.55. The van der Waals surface area contributed by atoms with Crippen LogP contribution >= 0.6 is 0 Å². The maximum absolute atomic E-state index is 12.2. The molecule has 0 aliphatic rings. The Morgan fingerprint density at radius 3 is 2.56 bits per heavy atom. The van der Waals surface area contributed by atoms with Crippen molar-refractivity contribution in [3.63, 3.8) is 0 Å². The highest BCUT2D eigenvalue weighted by atomic mass is 16.5. The number of methoxy groups -OCH3 is 2. The highest BCUT2D eigenvalue weighted by molar-refractivity contribution is 5.74. The maximum Gasteiger partial charge on any atom is 0.315 e. The minimum atomic E-state index is -0.266. The highest BCUT2D eigenvalue weighted by Gasteiger charge is 2.08. The summed E-state index contributed by atoms with van der Waals surface area (Å²) in [6.07, 6.45) is 3.09. The van der Waals surface area contributed by atoms with Crippen molar-refractivity contribution in [3.05, 3.63) is 66.2 Å². The standard InChI is InChI=1S/C19H21N5O3/c1-26-17-8-7-14(9-18(17)27-2)10-21-19(25)22-11-15-5-3-4-6-16(15)24-13-20-12-23-24/h3-9,12-13H,10-11H2,1-2H3,(H2,21,22,25). The fourth-order valence-electron chi connectivity index (χ4n) is 2.63. The van der Waals surface area contributed by atoms with Gasteiger partial charge in [0.2, 0.25) is 0 Å². The number of para-hydroxylation sites is 1. The number of urea groups is 1. The summed E-state index contributed by atoms with van der Waals surface area (Å²) in [7, 11) is 3.16. The normalized spacial score (nSPS) is 10.3. The van der Waals surface area contributed by atoms with E-state index in [1.54, 1.807) is 25.2 Å². The largest absolute Gasteiger partial charge is 0.493 e. The molecule has 0 bridgehead atoms. The van der Waals surface area contributed by atoms with Crippen LogP contribution in [0.2, 0.25) is 0 Å². The number of benzene rings is 2. The van der Waals surface area contributed by atoms with Crippen LogP contribution < -0.4 is 20.1 Å². The van der Waals surface area contributed by atoms with Gasteiger partial charge in [-0.3, -0.25) is 0 Å². The van der Waals surface area contributed by atoms with Gasteiger partial charge in [-0.2, -0.15) is 5.10 Å². The van der Waals surface area contributed by atoms with Gasteiger partial charge in [0.15, 0.2) is 11.5 Å². The molecule has 0 aliphatic carbocycles. The predicted molar refractivity (Wildman–Crippen MR) is 100.0 cm³/mol. The molecule has 27 heavy (non-hydrogen) atoms.